The second-order valence-electron chi connectivity index (χ2n) is 4.06. The lowest BCUT2D eigenvalue weighted by molar-refractivity contribution is 0.296. The summed E-state index contributed by atoms with van der Waals surface area (Å²) in [5, 5.41) is 0. The zero-order valence-corrected chi connectivity index (χ0v) is 8.60. The minimum absolute atomic E-state index is 0.608. The maximum atomic E-state index is 3.89. The maximum absolute atomic E-state index is 3.89. The fraction of sp³-hybridized carbons (Fsp3) is 0.538. The first-order chi connectivity index (χ1) is 6.16. The Labute approximate surface area is 82.0 Å². The summed E-state index contributed by atoms with van der Waals surface area (Å²) < 4.78 is 0. The molecule has 1 aliphatic carbocycles. The van der Waals surface area contributed by atoms with Crippen molar-refractivity contribution in [1.82, 2.24) is 0 Å². The summed E-state index contributed by atoms with van der Waals surface area (Å²) in [7, 11) is 0. The van der Waals surface area contributed by atoms with E-state index in [4.69, 9.17) is 0 Å². The van der Waals surface area contributed by atoms with E-state index in [1.54, 1.807) is 0 Å². The average molecular weight is 175 g/mol. The molecule has 1 fully saturated rings. The fourth-order valence-corrected chi connectivity index (χ4v) is 2.26. The van der Waals surface area contributed by atoms with Gasteiger partial charge in [-0.2, -0.15) is 0 Å². The molecule has 0 saturated heterocycles. The molecule has 0 aliphatic heterocycles. The van der Waals surface area contributed by atoms with Crippen molar-refractivity contribution in [2.24, 2.45) is 11.8 Å². The van der Waals surface area contributed by atoms with Gasteiger partial charge in [0.2, 0.25) is 0 Å². The smallest absolute Gasteiger partial charge is 0.000672 e. The molecule has 1 rings (SSSR count). The van der Waals surface area contributed by atoms with Gasteiger partial charge >= 0.3 is 0 Å². The highest BCUT2D eigenvalue weighted by molar-refractivity contribution is 5.32. The Balaban J connectivity index is 2.78. The van der Waals surface area contributed by atoms with Gasteiger partial charge < -0.3 is 0 Å². The van der Waals surface area contributed by atoms with Crippen LogP contribution in [0, 0.1) is 18.8 Å². The number of hydrogen-bond acceptors (Lipinski definition) is 0. The van der Waals surface area contributed by atoms with Gasteiger partial charge in [0.15, 0.2) is 0 Å². The van der Waals surface area contributed by atoms with Gasteiger partial charge in [-0.25, -0.2) is 0 Å². The molecule has 0 bridgehead atoms. The second kappa shape index (κ2) is 4.48. The Morgan fingerprint density at radius 3 is 2.38 bits per heavy atom. The summed E-state index contributed by atoms with van der Waals surface area (Å²) in [5.41, 5.74) is 5.06. The van der Waals surface area contributed by atoms with E-state index in [1.807, 2.05) is 0 Å². The van der Waals surface area contributed by atoms with E-state index in [1.165, 1.54) is 25.7 Å². The molecule has 0 aromatic heterocycles. The predicted octanol–water partition coefficient (Wildman–Crippen LogP) is 3.91. The molecule has 0 spiro atoms. The van der Waals surface area contributed by atoms with Crippen LogP contribution < -0.4 is 0 Å². The number of allylic oxidation sites excluding steroid dienone is 2. The van der Waals surface area contributed by atoms with Crippen LogP contribution in [0.15, 0.2) is 30.0 Å². The van der Waals surface area contributed by atoms with Crippen molar-refractivity contribution in [2.45, 2.75) is 32.6 Å². The van der Waals surface area contributed by atoms with Crippen LogP contribution in [0.25, 0.3) is 0 Å². The van der Waals surface area contributed by atoms with Crippen LogP contribution >= 0.6 is 0 Å². The molecule has 71 valence electrons. The Hall–Kier alpha value is -0.740. The van der Waals surface area contributed by atoms with E-state index in [-0.39, 0.29) is 0 Å². The van der Waals surface area contributed by atoms with Gasteiger partial charge in [0.1, 0.15) is 0 Å². The van der Waals surface area contributed by atoms with Crippen LogP contribution in [0.5, 0.6) is 0 Å². The van der Waals surface area contributed by atoms with E-state index in [9.17, 15) is 0 Å². The van der Waals surface area contributed by atoms with Crippen LogP contribution in [0.3, 0.4) is 0 Å². The van der Waals surface area contributed by atoms with E-state index < -0.39 is 0 Å². The summed E-state index contributed by atoms with van der Waals surface area (Å²) >= 11 is 0. The lowest BCUT2D eigenvalue weighted by atomic mass is 9.75. The highest BCUT2D eigenvalue weighted by Gasteiger charge is 2.24. The van der Waals surface area contributed by atoms with E-state index in [2.05, 4.69) is 32.7 Å². The summed E-state index contributed by atoms with van der Waals surface area (Å²) in [4.78, 5) is 0. The Bertz CT molecular complexity index is 241. The molecule has 13 heavy (non-hydrogen) atoms. The average Bonchev–Trinajstić information content (AvgIpc) is 2.09. The van der Waals surface area contributed by atoms with Crippen LogP contribution in [-0.2, 0) is 0 Å². The largest absolute Gasteiger partial charge is 0.125 e. The molecule has 0 heterocycles. The standard InChI is InChI=1S/C13H19/c1-5-12(10(2)3)13-9-7-6-8-11(13)4/h11,13H,1-3,6-9H2,4H3. The van der Waals surface area contributed by atoms with Gasteiger partial charge in [-0.15, -0.1) is 5.73 Å². The fourth-order valence-electron chi connectivity index (χ4n) is 2.26. The van der Waals surface area contributed by atoms with Crippen molar-refractivity contribution in [3.63, 3.8) is 0 Å². The summed E-state index contributed by atoms with van der Waals surface area (Å²) in [5.74, 6) is 1.35. The van der Waals surface area contributed by atoms with Gasteiger partial charge in [0.25, 0.3) is 0 Å². The summed E-state index contributed by atoms with van der Waals surface area (Å²) in [6, 6.07) is 0. The van der Waals surface area contributed by atoms with Crippen molar-refractivity contribution in [2.75, 3.05) is 0 Å². The Morgan fingerprint density at radius 2 is 1.92 bits per heavy atom. The van der Waals surface area contributed by atoms with Gasteiger partial charge in [-0.1, -0.05) is 39.3 Å². The lowest BCUT2D eigenvalue weighted by Crippen LogP contribution is -2.18. The molecular weight excluding hydrogens is 156 g/mol. The molecule has 0 heteroatoms. The van der Waals surface area contributed by atoms with Gasteiger partial charge in [-0.05, 0) is 36.3 Å². The molecule has 1 aliphatic rings. The Morgan fingerprint density at radius 1 is 1.31 bits per heavy atom. The van der Waals surface area contributed by atoms with E-state index in [0.717, 1.165) is 17.1 Å². The molecule has 0 aromatic rings. The van der Waals surface area contributed by atoms with Crippen molar-refractivity contribution < 1.29 is 0 Å². The molecule has 1 saturated carbocycles. The van der Waals surface area contributed by atoms with Crippen molar-refractivity contribution in [1.29, 1.82) is 0 Å². The van der Waals surface area contributed by atoms with E-state index >= 15 is 0 Å². The van der Waals surface area contributed by atoms with Crippen molar-refractivity contribution in [3.05, 3.63) is 37.0 Å². The van der Waals surface area contributed by atoms with Crippen molar-refractivity contribution in [3.8, 4) is 0 Å². The van der Waals surface area contributed by atoms with Gasteiger partial charge in [0.05, 0.1) is 0 Å². The van der Waals surface area contributed by atoms with Crippen LogP contribution in [0.4, 0.5) is 0 Å². The van der Waals surface area contributed by atoms with Gasteiger partial charge in [0, 0.05) is 0 Å². The zero-order valence-electron chi connectivity index (χ0n) is 8.60. The quantitative estimate of drug-likeness (QED) is 0.441. The normalized spacial score (nSPS) is 27.8. The summed E-state index contributed by atoms with van der Waals surface area (Å²) in [6.45, 7) is 13.8. The number of rotatable bonds is 2. The molecular formula is C13H19. The lowest BCUT2D eigenvalue weighted by Gasteiger charge is -2.30. The SMILES string of the molecule is [CH2]C(=C)C(=C=C)C1CCCCC1C. The molecule has 0 nitrogen and oxygen atoms in total. The molecule has 0 N–H and O–H groups in total. The van der Waals surface area contributed by atoms with Crippen LogP contribution in [0.2, 0.25) is 0 Å². The molecule has 2 atom stereocenters. The maximum Gasteiger partial charge on any atom is -0.000672 e. The molecule has 0 aromatic carbocycles. The van der Waals surface area contributed by atoms with Crippen molar-refractivity contribution >= 4 is 0 Å². The highest BCUT2D eigenvalue weighted by Crippen LogP contribution is 2.36. The second-order valence-corrected chi connectivity index (χ2v) is 4.06. The highest BCUT2D eigenvalue weighted by atomic mass is 14.3. The van der Waals surface area contributed by atoms with Crippen LogP contribution in [-0.4, -0.2) is 0 Å². The third kappa shape index (κ3) is 2.35. The van der Waals surface area contributed by atoms with E-state index in [0.29, 0.717) is 5.92 Å². The molecule has 1 radical (unpaired) electrons. The molecule has 0 amide bonds. The third-order valence-electron chi connectivity index (χ3n) is 3.05. The first-order valence-corrected chi connectivity index (χ1v) is 5.08. The third-order valence-corrected chi connectivity index (χ3v) is 3.05. The topological polar surface area (TPSA) is 0 Å². The zero-order chi connectivity index (χ0) is 9.84. The van der Waals surface area contributed by atoms with Crippen LogP contribution in [0.1, 0.15) is 32.6 Å². The minimum atomic E-state index is 0.608. The Kier molecular flexibility index (Phi) is 3.57. The van der Waals surface area contributed by atoms with Gasteiger partial charge in [-0.3, -0.25) is 0 Å². The minimum Gasteiger partial charge on any atom is -0.125 e. The first kappa shape index (κ1) is 10.3. The molecule has 2 unspecified atom stereocenters. The first-order valence-electron chi connectivity index (χ1n) is 5.08. The number of hydrogen-bond donors (Lipinski definition) is 0. The predicted molar refractivity (Wildman–Crippen MR) is 58.3 cm³/mol. The monoisotopic (exact) mass is 175 g/mol. The summed E-state index contributed by atoms with van der Waals surface area (Å²) in [6.07, 6.45) is 5.27.